The monoisotopic (exact) mass is 230 g/mol. The van der Waals surface area contributed by atoms with Gasteiger partial charge in [-0.25, -0.2) is 0 Å². The van der Waals surface area contributed by atoms with Crippen molar-refractivity contribution in [3.05, 3.63) is 0 Å². The fourth-order valence-corrected chi connectivity index (χ4v) is 1.48. The van der Waals surface area contributed by atoms with Crippen LogP contribution in [0.5, 0.6) is 0 Å². The van der Waals surface area contributed by atoms with Crippen molar-refractivity contribution in [1.29, 1.82) is 0 Å². The van der Waals surface area contributed by atoms with Crippen molar-refractivity contribution in [2.75, 3.05) is 6.61 Å². The van der Waals surface area contributed by atoms with Crippen molar-refractivity contribution in [2.24, 2.45) is 0 Å². The summed E-state index contributed by atoms with van der Waals surface area (Å²) < 4.78 is 4.81. The zero-order valence-electron chi connectivity index (χ0n) is 10.0. The first-order chi connectivity index (χ1) is 7.63. The van der Waals surface area contributed by atoms with Gasteiger partial charge in [-0.15, -0.1) is 0 Å². The van der Waals surface area contributed by atoms with Crippen LogP contribution in [0.2, 0.25) is 0 Å². The molecule has 94 valence electrons. The van der Waals surface area contributed by atoms with Crippen molar-refractivity contribution in [3.63, 3.8) is 0 Å². The van der Waals surface area contributed by atoms with E-state index in [2.05, 4.69) is 0 Å². The van der Waals surface area contributed by atoms with Crippen LogP contribution in [-0.2, 0) is 14.3 Å². The van der Waals surface area contributed by atoms with Gasteiger partial charge in [-0.3, -0.25) is 9.59 Å². The summed E-state index contributed by atoms with van der Waals surface area (Å²) in [5, 5.41) is 8.42. The Balaban J connectivity index is 2.98. The fourth-order valence-electron chi connectivity index (χ4n) is 1.48. The second-order valence-electron chi connectivity index (χ2n) is 3.96. The Kier molecular flexibility index (Phi) is 9.76. The summed E-state index contributed by atoms with van der Waals surface area (Å²) in [5.41, 5.74) is 0. The Hall–Kier alpha value is -1.06. The highest BCUT2D eigenvalue weighted by Gasteiger charge is 1.97. The van der Waals surface area contributed by atoms with Crippen LogP contribution in [0.15, 0.2) is 0 Å². The quantitative estimate of drug-likeness (QED) is 0.463. The number of aliphatic carboxylic acids is 1. The van der Waals surface area contributed by atoms with Crippen LogP contribution in [-0.4, -0.2) is 23.7 Å². The number of esters is 1. The molecule has 0 bridgehead atoms. The summed E-state index contributed by atoms with van der Waals surface area (Å²) in [7, 11) is 0. The Morgan fingerprint density at radius 1 is 0.938 bits per heavy atom. The van der Waals surface area contributed by atoms with Crippen LogP contribution >= 0.6 is 0 Å². The standard InChI is InChI=1S/C12H22O4/c1-11(13)16-10-8-6-4-2-3-5-7-9-12(14)15/h2-10H2,1H3,(H,14,15). The van der Waals surface area contributed by atoms with E-state index in [0.717, 1.165) is 44.9 Å². The van der Waals surface area contributed by atoms with Crippen LogP contribution in [0.3, 0.4) is 0 Å². The maximum absolute atomic E-state index is 10.4. The maximum Gasteiger partial charge on any atom is 0.303 e. The van der Waals surface area contributed by atoms with E-state index in [1.807, 2.05) is 0 Å². The lowest BCUT2D eigenvalue weighted by atomic mass is 10.1. The molecule has 0 aromatic carbocycles. The van der Waals surface area contributed by atoms with Gasteiger partial charge in [-0.2, -0.15) is 0 Å². The smallest absolute Gasteiger partial charge is 0.303 e. The van der Waals surface area contributed by atoms with Gasteiger partial charge in [0.25, 0.3) is 0 Å². The molecule has 0 rings (SSSR count). The predicted molar refractivity (Wildman–Crippen MR) is 61.2 cm³/mol. The van der Waals surface area contributed by atoms with E-state index in [1.54, 1.807) is 0 Å². The first kappa shape index (κ1) is 14.9. The number of rotatable bonds is 10. The number of carbonyl (C=O) groups excluding carboxylic acids is 1. The number of hydrogen-bond acceptors (Lipinski definition) is 3. The topological polar surface area (TPSA) is 63.6 Å². The molecule has 0 aliphatic rings. The van der Waals surface area contributed by atoms with E-state index >= 15 is 0 Å². The van der Waals surface area contributed by atoms with Gasteiger partial charge < -0.3 is 9.84 Å². The summed E-state index contributed by atoms with van der Waals surface area (Å²) in [6.07, 6.45) is 7.43. The zero-order valence-corrected chi connectivity index (χ0v) is 10.0. The van der Waals surface area contributed by atoms with Crippen LogP contribution in [0.1, 0.15) is 58.3 Å². The number of carbonyl (C=O) groups is 2. The zero-order chi connectivity index (χ0) is 12.2. The second kappa shape index (κ2) is 10.5. The van der Waals surface area contributed by atoms with Gasteiger partial charge >= 0.3 is 11.9 Å². The van der Waals surface area contributed by atoms with Gasteiger partial charge in [0.05, 0.1) is 6.61 Å². The highest BCUT2D eigenvalue weighted by Crippen LogP contribution is 2.08. The lowest BCUT2D eigenvalue weighted by molar-refractivity contribution is -0.141. The summed E-state index contributed by atoms with van der Waals surface area (Å²) in [4.78, 5) is 20.7. The molecule has 0 saturated carbocycles. The van der Waals surface area contributed by atoms with Crippen molar-refractivity contribution < 1.29 is 19.4 Å². The molecule has 0 aliphatic heterocycles. The van der Waals surface area contributed by atoms with E-state index in [9.17, 15) is 9.59 Å². The van der Waals surface area contributed by atoms with Gasteiger partial charge in [-0.05, 0) is 12.8 Å². The molecule has 0 atom stereocenters. The van der Waals surface area contributed by atoms with Crippen molar-refractivity contribution in [1.82, 2.24) is 0 Å². The van der Waals surface area contributed by atoms with E-state index in [0.29, 0.717) is 6.61 Å². The molecule has 0 heterocycles. The molecule has 1 N–H and O–H groups in total. The number of ether oxygens (including phenoxy) is 1. The van der Waals surface area contributed by atoms with Crippen LogP contribution in [0.4, 0.5) is 0 Å². The minimum Gasteiger partial charge on any atom is -0.481 e. The highest BCUT2D eigenvalue weighted by atomic mass is 16.5. The van der Waals surface area contributed by atoms with Crippen molar-refractivity contribution in [3.8, 4) is 0 Å². The number of carboxylic acid groups (broad SMARTS) is 1. The second-order valence-corrected chi connectivity index (χ2v) is 3.96. The lowest BCUT2D eigenvalue weighted by Crippen LogP contribution is -2.00. The molecule has 0 aromatic rings. The van der Waals surface area contributed by atoms with Crippen molar-refractivity contribution in [2.45, 2.75) is 58.3 Å². The molecule has 0 fully saturated rings. The lowest BCUT2D eigenvalue weighted by Gasteiger charge is -2.02. The molecular formula is C12H22O4. The number of carboxylic acids is 1. The van der Waals surface area contributed by atoms with E-state index in [4.69, 9.17) is 9.84 Å². The van der Waals surface area contributed by atoms with Gasteiger partial charge in [0.15, 0.2) is 0 Å². The van der Waals surface area contributed by atoms with Gasteiger partial charge in [0.1, 0.15) is 0 Å². The molecule has 0 amide bonds. The molecule has 0 spiro atoms. The molecule has 16 heavy (non-hydrogen) atoms. The summed E-state index contributed by atoms with van der Waals surface area (Å²) >= 11 is 0. The molecule has 4 nitrogen and oxygen atoms in total. The van der Waals surface area contributed by atoms with Gasteiger partial charge in [-0.1, -0.05) is 32.1 Å². The maximum atomic E-state index is 10.4. The molecule has 0 unspecified atom stereocenters. The summed E-state index contributed by atoms with van der Waals surface area (Å²) in [5.74, 6) is -0.921. The average molecular weight is 230 g/mol. The molecule has 0 saturated heterocycles. The van der Waals surface area contributed by atoms with Crippen LogP contribution < -0.4 is 0 Å². The fraction of sp³-hybridized carbons (Fsp3) is 0.833. The number of hydrogen-bond donors (Lipinski definition) is 1. The summed E-state index contributed by atoms with van der Waals surface area (Å²) in [6, 6.07) is 0. The van der Waals surface area contributed by atoms with Crippen LogP contribution in [0.25, 0.3) is 0 Å². The molecule has 0 aromatic heterocycles. The van der Waals surface area contributed by atoms with Crippen LogP contribution in [0, 0.1) is 0 Å². The minimum absolute atomic E-state index is 0.214. The van der Waals surface area contributed by atoms with Crippen molar-refractivity contribution >= 4 is 11.9 Å². The van der Waals surface area contributed by atoms with Gasteiger partial charge in [0.2, 0.25) is 0 Å². The Bertz CT molecular complexity index is 179. The minimum atomic E-state index is -0.707. The molecule has 0 radical (unpaired) electrons. The first-order valence-electron chi connectivity index (χ1n) is 5.98. The molecule has 0 aliphatic carbocycles. The Labute approximate surface area is 97.0 Å². The molecule has 4 heteroatoms. The van der Waals surface area contributed by atoms with E-state index in [1.165, 1.54) is 6.92 Å². The first-order valence-corrected chi connectivity index (χ1v) is 5.98. The SMILES string of the molecule is CC(=O)OCCCCCCCCCC(=O)O. The van der Waals surface area contributed by atoms with E-state index < -0.39 is 5.97 Å². The van der Waals surface area contributed by atoms with Gasteiger partial charge in [0, 0.05) is 13.3 Å². The third kappa shape index (κ3) is 12.9. The van der Waals surface area contributed by atoms with E-state index in [-0.39, 0.29) is 12.4 Å². The molecular weight excluding hydrogens is 208 g/mol. The normalized spacial score (nSPS) is 10.1. The predicted octanol–water partition coefficient (Wildman–Crippen LogP) is 2.75. The Morgan fingerprint density at radius 3 is 1.94 bits per heavy atom. The average Bonchev–Trinajstić information content (AvgIpc) is 2.20. The third-order valence-electron chi connectivity index (χ3n) is 2.34. The third-order valence-corrected chi connectivity index (χ3v) is 2.34. The number of unbranched alkanes of at least 4 members (excludes halogenated alkanes) is 6. The highest BCUT2D eigenvalue weighted by molar-refractivity contribution is 5.66. The largest absolute Gasteiger partial charge is 0.481 e. The summed E-state index contributed by atoms with van der Waals surface area (Å²) in [6.45, 7) is 1.94. The Morgan fingerprint density at radius 2 is 1.44 bits per heavy atom.